The third kappa shape index (κ3) is 8.71. The van der Waals surface area contributed by atoms with Crippen LogP contribution < -0.4 is 10.6 Å². The Bertz CT molecular complexity index is 179. The summed E-state index contributed by atoms with van der Waals surface area (Å²) >= 11 is 0. The molecule has 0 aromatic rings. The van der Waals surface area contributed by atoms with Crippen LogP contribution in [0.1, 0.15) is 6.42 Å². The lowest BCUT2D eigenvalue weighted by atomic mass is 10.4. The minimum absolute atomic E-state index is 0.285. The molecule has 0 unspecified atom stereocenters. The van der Waals surface area contributed by atoms with E-state index in [0.29, 0.717) is 6.42 Å². The molecular formula is C7H11F3N2O. The standard InChI is InChI=1S/C7H11F3N2O/c1-2-3-4-11-6(13)12-5-7(8,9)10/h2H,1,3-5H2,(H2,11,12,13). The van der Waals surface area contributed by atoms with Crippen LogP contribution in [0.2, 0.25) is 0 Å². The fraction of sp³-hybridized carbons (Fsp3) is 0.571. The molecule has 0 radical (unpaired) electrons. The second kappa shape index (κ2) is 5.45. The quantitative estimate of drug-likeness (QED) is 0.518. The van der Waals surface area contributed by atoms with E-state index in [-0.39, 0.29) is 6.54 Å². The van der Waals surface area contributed by atoms with Crippen LogP contribution in [0.3, 0.4) is 0 Å². The van der Waals surface area contributed by atoms with Gasteiger partial charge in [-0.05, 0) is 6.42 Å². The van der Waals surface area contributed by atoms with Gasteiger partial charge >= 0.3 is 12.2 Å². The van der Waals surface area contributed by atoms with Crippen LogP contribution in [-0.2, 0) is 0 Å². The first-order chi connectivity index (χ1) is 5.95. The molecule has 0 aliphatic heterocycles. The summed E-state index contributed by atoms with van der Waals surface area (Å²) in [4.78, 5) is 10.6. The molecule has 2 amide bonds. The van der Waals surface area contributed by atoms with Gasteiger partial charge in [0.2, 0.25) is 0 Å². The average Bonchev–Trinajstić information content (AvgIpc) is 2.00. The third-order valence-electron chi connectivity index (χ3n) is 1.08. The SMILES string of the molecule is C=CCCNC(=O)NCC(F)(F)F. The van der Waals surface area contributed by atoms with Crippen molar-refractivity contribution in [2.45, 2.75) is 12.6 Å². The number of amides is 2. The molecule has 0 saturated carbocycles. The Morgan fingerprint density at radius 3 is 2.46 bits per heavy atom. The highest BCUT2D eigenvalue weighted by molar-refractivity contribution is 5.73. The normalized spacial score (nSPS) is 10.7. The number of hydrogen-bond acceptors (Lipinski definition) is 1. The Morgan fingerprint density at radius 1 is 1.38 bits per heavy atom. The number of halogens is 3. The summed E-state index contributed by atoms with van der Waals surface area (Å²) < 4.78 is 34.6. The fourth-order valence-electron chi connectivity index (χ4n) is 0.531. The molecule has 13 heavy (non-hydrogen) atoms. The van der Waals surface area contributed by atoms with Gasteiger partial charge < -0.3 is 10.6 Å². The van der Waals surface area contributed by atoms with Crippen LogP contribution in [-0.4, -0.2) is 25.3 Å². The summed E-state index contributed by atoms with van der Waals surface area (Å²) in [5.74, 6) is 0. The number of rotatable bonds is 4. The maximum Gasteiger partial charge on any atom is 0.405 e. The van der Waals surface area contributed by atoms with Gasteiger partial charge in [-0.2, -0.15) is 13.2 Å². The van der Waals surface area contributed by atoms with Crippen molar-refractivity contribution in [1.29, 1.82) is 0 Å². The highest BCUT2D eigenvalue weighted by Crippen LogP contribution is 2.11. The number of nitrogens with one attached hydrogen (secondary N) is 2. The Morgan fingerprint density at radius 2 is 2.00 bits per heavy atom. The van der Waals surface area contributed by atoms with E-state index in [2.05, 4.69) is 11.9 Å². The average molecular weight is 196 g/mol. The topological polar surface area (TPSA) is 41.1 Å². The molecule has 0 aromatic carbocycles. The highest BCUT2D eigenvalue weighted by atomic mass is 19.4. The predicted octanol–water partition coefficient (Wildman–Crippen LogP) is 1.42. The lowest BCUT2D eigenvalue weighted by Crippen LogP contribution is -2.41. The second-order valence-electron chi connectivity index (χ2n) is 2.30. The van der Waals surface area contributed by atoms with E-state index in [4.69, 9.17) is 0 Å². The first-order valence-corrected chi connectivity index (χ1v) is 3.65. The summed E-state index contributed by atoms with van der Waals surface area (Å²) in [6.45, 7) is 2.36. The lowest BCUT2D eigenvalue weighted by molar-refractivity contribution is -0.122. The van der Waals surface area contributed by atoms with Gasteiger partial charge in [-0.15, -0.1) is 6.58 Å². The molecule has 0 heterocycles. The molecule has 6 heteroatoms. The van der Waals surface area contributed by atoms with Crippen molar-refractivity contribution in [3.8, 4) is 0 Å². The Labute approximate surface area is 74.0 Å². The number of carbonyl (C=O) groups is 1. The lowest BCUT2D eigenvalue weighted by Gasteiger charge is -2.08. The maximum absolute atomic E-state index is 11.5. The molecule has 2 N–H and O–H groups in total. The minimum atomic E-state index is -4.37. The third-order valence-corrected chi connectivity index (χ3v) is 1.08. The van der Waals surface area contributed by atoms with E-state index in [0.717, 1.165) is 0 Å². The first kappa shape index (κ1) is 11.8. The smallest absolute Gasteiger partial charge is 0.338 e. The van der Waals surface area contributed by atoms with Gasteiger partial charge in [-0.3, -0.25) is 0 Å². The van der Waals surface area contributed by atoms with Crippen molar-refractivity contribution in [1.82, 2.24) is 10.6 Å². The number of carbonyl (C=O) groups excluding carboxylic acids is 1. The zero-order chi connectivity index (χ0) is 10.3. The van der Waals surface area contributed by atoms with Gasteiger partial charge in [-0.1, -0.05) is 6.08 Å². The fourth-order valence-corrected chi connectivity index (χ4v) is 0.531. The van der Waals surface area contributed by atoms with Gasteiger partial charge in [0.15, 0.2) is 0 Å². The molecule has 0 atom stereocenters. The van der Waals surface area contributed by atoms with Crippen LogP contribution in [0.25, 0.3) is 0 Å². The largest absolute Gasteiger partial charge is 0.405 e. The van der Waals surface area contributed by atoms with Gasteiger partial charge in [0.05, 0.1) is 0 Å². The second-order valence-corrected chi connectivity index (χ2v) is 2.30. The summed E-state index contributed by atoms with van der Waals surface area (Å²) in [5, 5.41) is 3.91. The Balaban J connectivity index is 3.46. The highest BCUT2D eigenvalue weighted by Gasteiger charge is 2.27. The molecule has 0 aliphatic carbocycles. The summed E-state index contributed by atoms with van der Waals surface area (Å²) in [5.41, 5.74) is 0. The van der Waals surface area contributed by atoms with E-state index in [1.54, 1.807) is 11.4 Å². The zero-order valence-corrected chi connectivity index (χ0v) is 6.95. The van der Waals surface area contributed by atoms with Crippen molar-refractivity contribution >= 4 is 6.03 Å². The van der Waals surface area contributed by atoms with Crippen LogP contribution in [0.15, 0.2) is 12.7 Å². The molecule has 0 fully saturated rings. The molecule has 0 spiro atoms. The Hall–Kier alpha value is -1.20. The minimum Gasteiger partial charge on any atom is -0.338 e. The van der Waals surface area contributed by atoms with Crippen LogP contribution in [0, 0.1) is 0 Å². The summed E-state index contributed by atoms with van der Waals surface area (Å²) in [6.07, 6.45) is -2.28. The van der Waals surface area contributed by atoms with Crippen molar-refractivity contribution < 1.29 is 18.0 Å². The monoisotopic (exact) mass is 196 g/mol. The van der Waals surface area contributed by atoms with Crippen LogP contribution in [0.5, 0.6) is 0 Å². The van der Waals surface area contributed by atoms with E-state index in [1.165, 1.54) is 0 Å². The van der Waals surface area contributed by atoms with Crippen molar-refractivity contribution in [3.05, 3.63) is 12.7 Å². The zero-order valence-electron chi connectivity index (χ0n) is 6.95. The molecule has 0 rings (SSSR count). The van der Waals surface area contributed by atoms with Crippen molar-refractivity contribution in [3.63, 3.8) is 0 Å². The van der Waals surface area contributed by atoms with E-state index in [1.807, 2.05) is 0 Å². The molecule has 0 aliphatic rings. The number of urea groups is 1. The van der Waals surface area contributed by atoms with Crippen LogP contribution >= 0.6 is 0 Å². The van der Waals surface area contributed by atoms with Gasteiger partial charge in [-0.25, -0.2) is 4.79 Å². The van der Waals surface area contributed by atoms with Crippen molar-refractivity contribution in [2.24, 2.45) is 0 Å². The molecule has 76 valence electrons. The molecule has 0 aromatic heterocycles. The van der Waals surface area contributed by atoms with Crippen LogP contribution in [0.4, 0.5) is 18.0 Å². The molecule has 0 bridgehead atoms. The maximum atomic E-state index is 11.5. The van der Waals surface area contributed by atoms with Gasteiger partial charge in [0, 0.05) is 6.54 Å². The molecule has 3 nitrogen and oxygen atoms in total. The summed E-state index contributed by atoms with van der Waals surface area (Å²) in [7, 11) is 0. The Kier molecular flexibility index (Phi) is 4.94. The van der Waals surface area contributed by atoms with Crippen molar-refractivity contribution in [2.75, 3.05) is 13.1 Å². The van der Waals surface area contributed by atoms with Gasteiger partial charge in [0.1, 0.15) is 6.54 Å². The van der Waals surface area contributed by atoms with Gasteiger partial charge in [0.25, 0.3) is 0 Å². The molecule has 0 saturated heterocycles. The number of hydrogen-bond donors (Lipinski definition) is 2. The molecular weight excluding hydrogens is 185 g/mol. The van der Waals surface area contributed by atoms with E-state index in [9.17, 15) is 18.0 Å². The van der Waals surface area contributed by atoms with E-state index < -0.39 is 18.8 Å². The number of alkyl halides is 3. The van der Waals surface area contributed by atoms with E-state index >= 15 is 0 Å². The summed E-state index contributed by atoms with van der Waals surface area (Å²) in [6, 6.07) is -0.820. The first-order valence-electron chi connectivity index (χ1n) is 3.65. The predicted molar refractivity (Wildman–Crippen MR) is 42.3 cm³/mol.